The van der Waals surface area contributed by atoms with Crippen LogP contribution in [0.1, 0.15) is 41.0 Å². The van der Waals surface area contributed by atoms with Gasteiger partial charge in [-0.15, -0.1) is 0 Å². The molecule has 272 valence electrons. The van der Waals surface area contributed by atoms with E-state index in [0.717, 1.165) is 17.8 Å². The predicted octanol–water partition coefficient (Wildman–Crippen LogP) is 7.39. The van der Waals surface area contributed by atoms with Crippen LogP contribution in [0.2, 0.25) is 0 Å². The Balaban J connectivity index is 0.00000133. The number of anilines is 2. The second-order valence-electron chi connectivity index (χ2n) is 11.3. The lowest BCUT2D eigenvalue weighted by Crippen LogP contribution is -2.41. The van der Waals surface area contributed by atoms with Crippen molar-refractivity contribution in [3.05, 3.63) is 90.8 Å². The topological polar surface area (TPSA) is 98.4 Å². The van der Waals surface area contributed by atoms with Crippen molar-refractivity contribution in [1.29, 1.82) is 0 Å². The van der Waals surface area contributed by atoms with Gasteiger partial charge in [0.15, 0.2) is 30.1 Å². The number of halogens is 2. The molecule has 0 aliphatic carbocycles. The van der Waals surface area contributed by atoms with Crippen LogP contribution in [0.4, 0.5) is 26.0 Å². The number of hydrazone groups is 1. The van der Waals surface area contributed by atoms with Gasteiger partial charge in [-0.25, -0.2) is 23.8 Å². The van der Waals surface area contributed by atoms with Gasteiger partial charge in [0, 0.05) is 49.3 Å². The minimum Gasteiger partial charge on any atom is -0.490 e. The van der Waals surface area contributed by atoms with E-state index < -0.39 is 11.6 Å². The fraction of sp³-hybridized carbons (Fsp3) is 0.342. The maximum atomic E-state index is 15.4. The quantitative estimate of drug-likeness (QED) is 0.133. The number of likely N-dealkylation sites (N-methyl/N-ethyl adjacent to an activating group) is 1. The first kappa shape index (κ1) is 40.0. The molecule has 3 heterocycles. The molecule has 3 aromatic rings. The van der Waals surface area contributed by atoms with Crippen LogP contribution in [0.15, 0.2) is 84.2 Å². The number of aromatic nitrogens is 2. The van der Waals surface area contributed by atoms with Crippen LogP contribution in [-0.2, 0) is 4.79 Å². The molecule has 13 heteroatoms. The van der Waals surface area contributed by atoms with Crippen molar-refractivity contribution < 1.29 is 27.6 Å². The highest BCUT2D eigenvalue weighted by Gasteiger charge is 2.27. The minimum atomic E-state index is -0.789. The molecule has 2 aliphatic rings. The maximum absolute atomic E-state index is 15.4. The third-order valence-corrected chi connectivity index (χ3v) is 7.15. The molecule has 51 heavy (non-hydrogen) atoms. The van der Waals surface area contributed by atoms with Gasteiger partial charge < -0.3 is 24.6 Å². The summed E-state index contributed by atoms with van der Waals surface area (Å²) >= 11 is 0. The zero-order valence-electron chi connectivity index (χ0n) is 30.8. The lowest BCUT2D eigenvalue weighted by molar-refractivity contribution is -0.442. The van der Waals surface area contributed by atoms with Crippen LogP contribution in [0.3, 0.4) is 0 Å². The van der Waals surface area contributed by atoms with Crippen LogP contribution in [0, 0.1) is 11.6 Å². The SMILES string of the molecule is C=C1C=C(Oc2cc(F)c(Nc3ncnc4ccc([N+]5=CCN(C(=O)/C=C/CN(C)C)CC5)c(OC)c34)cc2F)C=CN1/N=C\C.CC.CCC. The first-order valence-electron chi connectivity index (χ1n) is 16.9. The van der Waals surface area contributed by atoms with Crippen LogP contribution < -0.4 is 14.8 Å². The first-order valence-corrected chi connectivity index (χ1v) is 16.9. The highest BCUT2D eigenvalue weighted by atomic mass is 19.1. The molecule has 0 atom stereocenters. The van der Waals surface area contributed by atoms with E-state index in [1.165, 1.54) is 24.9 Å². The molecular weight excluding hydrogens is 654 g/mol. The molecule has 0 radical (unpaired) electrons. The Morgan fingerprint density at radius 1 is 1.18 bits per heavy atom. The number of methoxy groups -OCH3 is 1. The molecule has 0 spiro atoms. The van der Waals surface area contributed by atoms with E-state index in [1.807, 2.05) is 55.8 Å². The Bertz CT molecular complexity index is 1840. The summed E-state index contributed by atoms with van der Waals surface area (Å²) in [5.41, 5.74) is 1.60. The zero-order chi connectivity index (χ0) is 37.5. The van der Waals surface area contributed by atoms with E-state index in [4.69, 9.17) is 9.47 Å². The van der Waals surface area contributed by atoms with Gasteiger partial charge in [0.25, 0.3) is 0 Å². The lowest BCUT2D eigenvalue weighted by Gasteiger charge is -2.22. The Hall–Kier alpha value is -5.43. The molecule has 0 saturated heterocycles. The number of carbonyl (C=O) groups is 1. The van der Waals surface area contributed by atoms with Gasteiger partial charge in [0.05, 0.1) is 42.5 Å². The number of rotatable bonds is 10. The molecule has 2 aromatic carbocycles. The summed E-state index contributed by atoms with van der Waals surface area (Å²) in [5, 5.41) is 9.03. The van der Waals surface area contributed by atoms with Crippen LogP contribution in [0.25, 0.3) is 10.9 Å². The predicted molar refractivity (Wildman–Crippen MR) is 201 cm³/mol. The minimum absolute atomic E-state index is 0.0560. The van der Waals surface area contributed by atoms with Gasteiger partial charge in [-0.05, 0) is 33.2 Å². The Kier molecular flexibility index (Phi) is 15.4. The van der Waals surface area contributed by atoms with Crippen molar-refractivity contribution in [2.24, 2.45) is 5.10 Å². The van der Waals surface area contributed by atoms with E-state index in [-0.39, 0.29) is 28.9 Å². The second-order valence-corrected chi connectivity index (χ2v) is 11.3. The molecule has 1 aromatic heterocycles. The second kappa shape index (κ2) is 19.7. The van der Waals surface area contributed by atoms with E-state index in [1.54, 1.807) is 48.5 Å². The number of hydrogen-bond acceptors (Lipinski definition) is 9. The normalized spacial score (nSPS) is 14.2. The molecule has 1 amide bonds. The van der Waals surface area contributed by atoms with Crippen LogP contribution in [0.5, 0.6) is 11.5 Å². The third kappa shape index (κ3) is 10.5. The third-order valence-electron chi connectivity index (χ3n) is 7.15. The smallest absolute Gasteiger partial charge is 0.248 e. The van der Waals surface area contributed by atoms with E-state index in [2.05, 4.69) is 40.8 Å². The lowest BCUT2D eigenvalue weighted by atomic mass is 10.1. The molecule has 1 N–H and O–H groups in total. The molecule has 5 rings (SSSR count). The summed E-state index contributed by atoms with van der Waals surface area (Å²) < 4.78 is 44.0. The summed E-state index contributed by atoms with van der Waals surface area (Å²) in [7, 11) is 5.40. The average Bonchev–Trinajstić information content (AvgIpc) is 3.12. The number of carbonyl (C=O) groups excluding carboxylic acids is 1. The first-order chi connectivity index (χ1) is 24.6. The molecule has 2 aliphatic heterocycles. The maximum Gasteiger partial charge on any atom is 0.248 e. The largest absolute Gasteiger partial charge is 0.490 e. The summed E-state index contributed by atoms with van der Waals surface area (Å²) in [5.74, 6) is -0.964. The number of allylic oxidation sites excluding steroid dienone is 2. The Morgan fingerprint density at radius 2 is 1.92 bits per heavy atom. The number of hydrogen-bond donors (Lipinski definition) is 1. The molecule has 11 nitrogen and oxygen atoms in total. The van der Waals surface area contributed by atoms with Gasteiger partial charge in [0.1, 0.15) is 17.9 Å². The van der Waals surface area contributed by atoms with Crippen LogP contribution >= 0.6 is 0 Å². The fourth-order valence-corrected chi connectivity index (χ4v) is 4.91. The number of nitrogens with one attached hydrogen (secondary N) is 1. The van der Waals surface area contributed by atoms with Crippen molar-refractivity contribution in [2.75, 3.05) is 52.7 Å². The van der Waals surface area contributed by atoms with E-state index >= 15 is 8.78 Å². The Morgan fingerprint density at radius 3 is 2.55 bits per heavy atom. The molecule has 0 saturated carbocycles. The molecule has 0 unspecified atom stereocenters. The van der Waals surface area contributed by atoms with Gasteiger partial charge in [-0.2, -0.15) is 9.68 Å². The average molecular weight is 704 g/mol. The standard InChI is InChI=1S/C33H35F2N8O3.C3H8.C2H6/c1-6-38-43-13-11-23(18-22(43)2)46-29-20-24(34)27(19-25(29)35)39-33-31-26(36-21-37-33)9-10-28(32(31)45-5)41-14-16-42(17-15-41)30(44)8-7-12-40(3)4;1-3-2;1-2/h6-11,13-14,18-21H,2,12,15-17H2,1,3-5H3,(H,36,37,39);3H2,1-2H3;1-2H3/q+1;;/b8-7+,38-6-;;. The molecule has 0 fully saturated rings. The number of benzene rings is 2. The zero-order valence-corrected chi connectivity index (χ0v) is 30.8. The highest BCUT2D eigenvalue weighted by Crippen LogP contribution is 2.40. The number of nitrogens with zero attached hydrogens (tertiary/aromatic N) is 7. The fourth-order valence-electron chi connectivity index (χ4n) is 4.91. The summed E-state index contributed by atoms with van der Waals surface area (Å²) in [6.07, 6.45) is 14.3. The van der Waals surface area contributed by atoms with E-state index in [9.17, 15) is 4.79 Å². The van der Waals surface area contributed by atoms with Crippen molar-refractivity contribution in [3.8, 4) is 11.5 Å². The highest BCUT2D eigenvalue weighted by molar-refractivity contribution is 5.99. The summed E-state index contributed by atoms with van der Waals surface area (Å²) in [4.78, 5) is 25.0. The van der Waals surface area contributed by atoms with Crippen molar-refractivity contribution in [1.82, 2.24) is 24.8 Å². The van der Waals surface area contributed by atoms with E-state index in [0.29, 0.717) is 48.5 Å². The summed E-state index contributed by atoms with van der Waals surface area (Å²) in [6, 6.07) is 5.63. The van der Waals surface area contributed by atoms with Gasteiger partial charge in [-0.1, -0.05) is 46.8 Å². The molecular formula is C38H49F2N8O3+. The van der Waals surface area contributed by atoms with Gasteiger partial charge >= 0.3 is 0 Å². The Labute approximate surface area is 299 Å². The van der Waals surface area contributed by atoms with Crippen molar-refractivity contribution in [2.45, 2.75) is 41.0 Å². The number of ether oxygens (including phenoxy) is 2. The van der Waals surface area contributed by atoms with Crippen molar-refractivity contribution in [3.63, 3.8) is 0 Å². The number of amides is 1. The summed E-state index contributed by atoms with van der Waals surface area (Å²) in [6.45, 7) is 16.0. The molecule has 0 bridgehead atoms. The number of fused-ring (bicyclic) bond motifs is 1. The van der Waals surface area contributed by atoms with Crippen LogP contribution in [-0.4, -0.2) is 95.1 Å². The van der Waals surface area contributed by atoms with Crippen molar-refractivity contribution >= 4 is 46.4 Å². The van der Waals surface area contributed by atoms with Gasteiger partial charge in [0.2, 0.25) is 17.3 Å². The monoisotopic (exact) mass is 703 g/mol. The van der Waals surface area contributed by atoms with Gasteiger partial charge in [-0.3, -0.25) is 4.79 Å².